The molecule has 3 rings (SSSR count). The van der Waals surface area contributed by atoms with Gasteiger partial charge in [0.15, 0.2) is 0 Å². The molecule has 0 spiro atoms. The van der Waals surface area contributed by atoms with E-state index >= 15 is 0 Å². The molecule has 0 amide bonds. The number of rotatable bonds is 8. The Morgan fingerprint density at radius 1 is 1.25 bits per heavy atom. The normalized spacial score (nSPS) is 14.2. The van der Waals surface area contributed by atoms with Gasteiger partial charge in [-0.2, -0.15) is 0 Å². The summed E-state index contributed by atoms with van der Waals surface area (Å²) in [6.07, 6.45) is 4.68. The zero-order chi connectivity index (χ0) is 20.1. The minimum Gasteiger partial charge on any atom is -0.481 e. The van der Waals surface area contributed by atoms with Gasteiger partial charge in [-0.15, -0.1) is 0 Å². The highest BCUT2D eigenvalue weighted by Crippen LogP contribution is 2.30. The Balaban J connectivity index is 1.77. The fraction of sp³-hybridized carbons (Fsp3) is 0.429. The maximum absolute atomic E-state index is 14.6. The fourth-order valence-corrected chi connectivity index (χ4v) is 3.48. The first-order valence-corrected chi connectivity index (χ1v) is 9.50. The van der Waals surface area contributed by atoms with Gasteiger partial charge in [-0.25, -0.2) is 13.8 Å². The van der Waals surface area contributed by atoms with Crippen LogP contribution in [0.2, 0.25) is 0 Å². The molecule has 0 unspecified atom stereocenters. The Bertz CT molecular complexity index is 815. The van der Waals surface area contributed by atoms with Crippen LogP contribution in [0.25, 0.3) is 11.3 Å². The van der Waals surface area contributed by atoms with Crippen LogP contribution < -0.4 is 9.64 Å². The molecule has 1 aliphatic rings. The van der Waals surface area contributed by atoms with Crippen molar-refractivity contribution in [2.24, 2.45) is 0 Å². The molecule has 0 radical (unpaired) electrons. The second-order valence-corrected chi connectivity index (χ2v) is 7.09. The molecule has 1 aromatic heterocycles. The number of benzene rings is 1. The lowest BCUT2D eigenvalue weighted by Crippen LogP contribution is -2.22. The van der Waals surface area contributed by atoms with Crippen molar-refractivity contribution in [3.8, 4) is 17.1 Å². The molecule has 1 N–H and O–H groups in total. The molecule has 1 heterocycles. The smallest absolute Gasteiger partial charge is 0.303 e. The topological polar surface area (TPSA) is 62.7 Å². The van der Waals surface area contributed by atoms with Gasteiger partial charge in [-0.1, -0.05) is 6.07 Å². The van der Waals surface area contributed by atoms with Crippen molar-refractivity contribution in [1.29, 1.82) is 0 Å². The van der Waals surface area contributed by atoms with Gasteiger partial charge in [0.2, 0.25) is 5.88 Å². The Labute approximate surface area is 163 Å². The number of carbonyl (C=O) groups is 1. The molecule has 0 aliphatic heterocycles. The van der Waals surface area contributed by atoms with E-state index in [0.717, 1.165) is 25.7 Å². The molecule has 1 aliphatic carbocycles. The van der Waals surface area contributed by atoms with Crippen molar-refractivity contribution in [3.63, 3.8) is 0 Å². The number of anilines is 1. The second kappa shape index (κ2) is 8.99. The van der Waals surface area contributed by atoms with E-state index in [1.54, 1.807) is 18.2 Å². The lowest BCUT2D eigenvalue weighted by molar-refractivity contribution is -0.137. The van der Waals surface area contributed by atoms with Gasteiger partial charge in [-0.3, -0.25) is 4.79 Å². The minimum atomic E-state index is -0.935. The molecular weight excluding hydrogens is 366 g/mol. The maximum atomic E-state index is 14.6. The monoisotopic (exact) mass is 390 g/mol. The number of aromatic nitrogens is 1. The zero-order valence-electron chi connectivity index (χ0n) is 15.8. The van der Waals surface area contributed by atoms with Crippen molar-refractivity contribution in [2.75, 3.05) is 18.5 Å². The minimum absolute atomic E-state index is 0.0522. The standard InChI is InChI=1S/C21H24F2N2O3/c1-25(11-5-10-20(26)27)21-16(22)12-14(13-17(21)23)18-8-4-9-19(24-18)28-15-6-2-3-7-15/h4,8-9,12-13,15H,2-3,5-7,10-11H2,1H3,(H,26,27). The first kappa shape index (κ1) is 20.0. The van der Waals surface area contributed by atoms with E-state index in [1.807, 2.05) is 0 Å². The molecule has 0 atom stereocenters. The first-order chi connectivity index (χ1) is 13.4. The number of aliphatic carboxylic acids is 1. The van der Waals surface area contributed by atoms with Gasteiger partial charge in [-0.05, 0) is 50.3 Å². The second-order valence-electron chi connectivity index (χ2n) is 7.09. The molecule has 1 fully saturated rings. The number of ether oxygens (including phenoxy) is 1. The van der Waals surface area contributed by atoms with E-state index in [2.05, 4.69) is 4.98 Å². The third kappa shape index (κ3) is 4.97. The van der Waals surface area contributed by atoms with Crippen molar-refractivity contribution in [2.45, 2.75) is 44.6 Å². The summed E-state index contributed by atoms with van der Waals surface area (Å²) in [4.78, 5) is 16.4. The molecule has 150 valence electrons. The van der Waals surface area contributed by atoms with Gasteiger partial charge in [0, 0.05) is 31.6 Å². The molecule has 0 bridgehead atoms. The van der Waals surface area contributed by atoms with E-state index in [1.165, 1.54) is 24.1 Å². The Morgan fingerprint density at radius 3 is 2.57 bits per heavy atom. The van der Waals surface area contributed by atoms with Gasteiger partial charge >= 0.3 is 5.97 Å². The summed E-state index contributed by atoms with van der Waals surface area (Å²) in [5.41, 5.74) is 0.593. The summed E-state index contributed by atoms with van der Waals surface area (Å²) in [5, 5.41) is 8.70. The number of hydrogen-bond donors (Lipinski definition) is 1. The quantitative estimate of drug-likeness (QED) is 0.711. The van der Waals surface area contributed by atoms with E-state index in [9.17, 15) is 13.6 Å². The van der Waals surface area contributed by atoms with Crippen LogP contribution in [0, 0.1) is 11.6 Å². The summed E-state index contributed by atoms with van der Waals surface area (Å²) >= 11 is 0. The number of pyridine rings is 1. The molecule has 7 heteroatoms. The van der Waals surface area contributed by atoms with Crippen LogP contribution in [0.5, 0.6) is 5.88 Å². The largest absolute Gasteiger partial charge is 0.481 e. The maximum Gasteiger partial charge on any atom is 0.303 e. The SMILES string of the molecule is CN(CCCC(=O)O)c1c(F)cc(-c2cccc(OC3CCCC3)n2)cc1F. The summed E-state index contributed by atoms with van der Waals surface area (Å²) < 4.78 is 35.1. The average Bonchev–Trinajstić information content (AvgIpc) is 3.14. The molecule has 2 aromatic rings. The van der Waals surface area contributed by atoms with E-state index in [-0.39, 0.29) is 24.8 Å². The Morgan fingerprint density at radius 2 is 1.93 bits per heavy atom. The van der Waals surface area contributed by atoms with Crippen LogP contribution in [0.1, 0.15) is 38.5 Å². The van der Waals surface area contributed by atoms with Gasteiger partial charge in [0.25, 0.3) is 0 Å². The van der Waals surface area contributed by atoms with Crippen LogP contribution in [-0.2, 0) is 4.79 Å². The zero-order valence-corrected chi connectivity index (χ0v) is 15.8. The van der Waals surface area contributed by atoms with Crippen molar-refractivity contribution in [1.82, 2.24) is 4.98 Å². The number of nitrogens with zero attached hydrogens (tertiary/aromatic N) is 2. The Kier molecular flexibility index (Phi) is 6.44. The van der Waals surface area contributed by atoms with Crippen LogP contribution in [0.4, 0.5) is 14.5 Å². The summed E-state index contributed by atoms with van der Waals surface area (Å²) in [7, 11) is 1.54. The Hall–Kier alpha value is -2.70. The van der Waals surface area contributed by atoms with Crippen LogP contribution in [0.3, 0.4) is 0 Å². The molecule has 1 saturated carbocycles. The molecule has 0 saturated heterocycles. The first-order valence-electron chi connectivity index (χ1n) is 9.50. The number of halogens is 2. The van der Waals surface area contributed by atoms with Crippen molar-refractivity contribution >= 4 is 11.7 Å². The summed E-state index contributed by atoms with van der Waals surface area (Å²) in [6, 6.07) is 7.68. The third-order valence-corrected chi connectivity index (χ3v) is 4.89. The van der Waals surface area contributed by atoms with E-state index in [4.69, 9.17) is 9.84 Å². The molecular formula is C21H24F2N2O3. The van der Waals surface area contributed by atoms with E-state index < -0.39 is 17.6 Å². The highest BCUT2D eigenvalue weighted by molar-refractivity contribution is 5.67. The highest BCUT2D eigenvalue weighted by Gasteiger charge is 2.19. The number of carboxylic acid groups (broad SMARTS) is 1. The van der Waals surface area contributed by atoms with Gasteiger partial charge in [0.1, 0.15) is 23.4 Å². The lowest BCUT2D eigenvalue weighted by Gasteiger charge is -2.21. The predicted molar refractivity (Wildman–Crippen MR) is 103 cm³/mol. The van der Waals surface area contributed by atoms with Crippen molar-refractivity contribution in [3.05, 3.63) is 42.0 Å². The lowest BCUT2D eigenvalue weighted by atomic mass is 10.1. The number of carboxylic acids is 1. The van der Waals surface area contributed by atoms with Crippen LogP contribution in [-0.4, -0.2) is 35.8 Å². The highest BCUT2D eigenvalue weighted by atomic mass is 19.1. The van der Waals surface area contributed by atoms with Gasteiger partial charge in [0.05, 0.1) is 5.69 Å². The predicted octanol–water partition coefficient (Wildman–Crippen LogP) is 4.65. The summed E-state index contributed by atoms with van der Waals surface area (Å²) in [6.45, 7) is 0.239. The molecule has 28 heavy (non-hydrogen) atoms. The third-order valence-electron chi connectivity index (χ3n) is 4.89. The average molecular weight is 390 g/mol. The van der Waals surface area contributed by atoms with Crippen LogP contribution in [0.15, 0.2) is 30.3 Å². The number of hydrogen-bond acceptors (Lipinski definition) is 4. The fourth-order valence-electron chi connectivity index (χ4n) is 3.48. The molecule has 1 aromatic carbocycles. The summed E-state index contributed by atoms with van der Waals surface area (Å²) in [5.74, 6) is -1.90. The van der Waals surface area contributed by atoms with Gasteiger partial charge < -0.3 is 14.7 Å². The van der Waals surface area contributed by atoms with Crippen LogP contribution >= 0.6 is 0 Å². The van der Waals surface area contributed by atoms with E-state index in [0.29, 0.717) is 23.6 Å². The molecule has 5 nitrogen and oxygen atoms in total. The van der Waals surface area contributed by atoms with Crippen molar-refractivity contribution < 1.29 is 23.4 Å².